The molecule has 3 aromatic heterocycles. The molecular formula is C20H18FN5O. The van der Waals surface area contributed by atoms with Gasteiger partial charge < -0.3 is 14.6 Å². The van der Waals surface area contributed by atoms with Crippen LogP contribution < -0.4 is 4.74 Å². The summed E-state index contributed by atoms with van der Waals surface area (Å²) in [6.45, 7) is 0.621. The molecule has 6 nitrogen and oxygen atoms in total. The second kappa shape index (κ2) is 7.13. The molecule has 0 bridgehead atoms. The van der Waals surface area contributed by atoms with Gasteiger partial charge in [0.1, 0.15) is 29.3 Å². The first-order valence-corrected chi connectivity index (χ1v) is 8.44. The number of ether oxygens (including phenoxy) is 1. The topological polar surface area (TPSA) is 66.9 Å². The van der Waals surface area contributed by atoms with Crippen molar-refractivity contribution in [2.75, 3.05) is 14.1 Å². The highest BCUT2D eigenvalue weighted by molar-refractivity contribution is 5.97. The SMILES string of the molecule is CN(C)Cc1cc(F)cc(Oc2ccnc3[nH]cc(-c4ccncn4)c23)c1. The molecule has 7 heteroatoms. The van der Waals surface area contributed by atoms with E-state index in [1.807, 2.05) is 37.3 Å². The van der Waals surface area contributed by atoms with Crippen molar-refractivity contribution in [3.05, 3.63) is 66.6 Å². The Balaban J connectivity index is 1.77. The Kier molecular flexibility index (Phi) is 4.52. The van der Waals surface area contributed by atoms with Gasteiger partial charge in [-0.3, -0.25) is 0 Å². The van der Waals surface area contributed by atoms with Crippen molar-refractivity contribution >= 4 is 11.0 Å². The Labute approximate surface area is 155 Å². The lowest BCUT2D eigenvalue weighted by Gasteiger charge is -2.13. The fraction of sp³-hybridized carbons (Fsp3) is 0.150. The van der Waals surface area contributed by atoms with E-state index in [-0.39, 0.29) is 5.82 Å². The van der Waals surface area contributed by atoms with Crippen LogP contribution in [0.4, 0.5) is 4.39 Å². The number of nitrogens with zero attached hydrogens (tertiary/aromatic N) is 4. The molecule has 0 atom stereocenters. The normalized spacial score (nSPS) is 11.3. The fourth-order valence-electron chi connectivity index (χ4n) is 3.03. The molecule has 0 amide bonds. The standard InChI is InChI=1S/C20H18FN5O/c1-26(2)11-13-7-14(21)9-15(8-13)27-18-4-6-23-20-19(18)16(10-24-20)17-3-5-22-12-25-17/h3-10,12H,11H2,1-2H3,(H,23,24). The molecule has 1 aromatic carbocycles. The fourth-order valence-corrected chi connectivity index (χ4v) is 3.03. The number of fused-ring (bicyclic) bond motifs is 1. The molecule has 0 aliphatic carbocycles. The summed E-state index contributed by atoms with van der Waals surface area (Å²) in [5.41, 5.74) is 3.11. The molecule has 3 heterocycles. The molecule has 0 saturated carbocycles. The van der Waals surface area contributed by atoms with Crippen LogP contribution in [0.1, 0.15) is 5.56 Å². The van der Waals surface area contributed by atoms with Crippen LogP contribution >= 0.6 is 0 Å². The van der Waals surface area contributed by atoms with Crippen molar-refractivity contribution in [2.45, 2.75) is 6.54 Å². The van der Waals surface area contributed by atoms with Crippen molar-refractivity contribution < 1.29 is 9.13 Å². The van der Waals surface area contributed by atoms with Gasteiger partial charge in [-0.25, -0.2) is 19.3 Å². The number of H-pyrrole nitrogens is 1. The summed E-state index contributed by atoms with van der Waals surface area (Å²) >= 11 is 0. The molecule has 4 rings (SSSR count). The monoisotopic (exact) mass is 363 g/mol. The van der Waals surface area contributed by atoms with Crippen LogP contribution in [0.15, 0.2) is 55.2 Å². The van der Waals surface area contributed by atoms with E-state index in [2.05, 4.69) is 19.9 Å². The number of benzene rings is 1. The maximum absolute atomic E-state index is 14.0. The van der Waals surface area contributed by atoms with Crippen LogP contribution in [-0.4, -0.2) is 38.9 Å². The number of aromatic nitrogens is 4. The van der Waals surface area contributed by atoms with Crippen molar-refractivity contribution in [3.8, 4) is 22.8 Å². The number of hydrogen-bond acceptors (Lipinski definition) is 5. The minimum Gasteiger partial charge on any atom is -0.456 e. The zero-order chi connectivity index (χ0) is 18.8. The van der Waals surface area contributed by atoms with E-state index in [0.717, 1.165) is 22.2 Å². The minimum absolute atomic E-state index is 0.334. The van der Waals surface area contributed by atoms with Crippen molar-refractivity contribution in [3.63, 3.8) is 0 Å². The van der Waals surface area contributed by atoms with Gasteiger partial charge in [-0.2, -0.15) is 0 Å². The van der Waals surface area contributed by atoms with Gasteiger partial charge in [0.2, 0.25) is 0 Å². The summed E-state index contributed by atoms with van der Waals surface area (Å²) in [4.78, 5) is 17.7. The number of rotatable bonds is 5. The van der Waals surface area contributed by atoms with Gasteiger partial charge in [0.05, 0.1) is 11.1 Å². The molecule has 27 heavy (non-hydrogen) atoms. The third-order valence-corrected chi connectivity index (χ3v) is 4.05. The Morgan fingerprint density at radius 2 is 2.00 bits per heavy atom. The van der Waals surface area contributed by atoms with E-state index in [9.17, 15) is 4.39 Å². The van der Waals surface area contributed by atoms with E-state index in [0.29, 0.717) is 23.7 Å². The highest BCUT2D eigenvalue weighted by Gasteiger charge is 2.14. The minimum atomic E-state index is -0.334. The van der Waals surface area contributed by atoms with Gasteiger partial charge in [0.15, 0.2) is 0 Å². The van der Waals surface area contributed by atoms with Gasteiger partial charge in [0.25, 0.3) is 0 Å². The van der Waals surface area contributed by atoms with Crippen LogP contribution in [0.25, 0.3) is 22.3 Å². The van der Waals surface area contributed by atoms with Crippen molar-refractivity contribution in [2.24, 2.45) is 0 Å². The zero-order valence-electron chi connectivity index (χ0n) is 15.0. The zero-order valence-corrected chi connectivity index (χ0v) is 15.0. The first-order chi connectivity index (χ1) is 13.1. The third-order valence-electron chi connectivity index (χ3n) is 4.05. The van der Waals surface area contributed by atoms with Gasteiger partial charge in [-0.15, -0.1) is 0 Å². The van der Waals surface area contributed by atoms with E-state index >= 15 is 0 Å². The highest BCUT2D eigenvalue weighted by Crippen LogP contribution is 2.36. The summed E-state index contributed by atoms with van der Waals surface area (Å²) in [5, 5.41) is 0.787. The summed E-state index contributed by atoms with van der Waals surface area (Å²) in [6, 6.07) is 8.31. The Morgan fingerprint density at radius 3 is 2.78 bits per heavy atom. The number of hydrogen-bond donors (Lipinski definition) is 1. The Bertz CT molecular complexity index is 1080. The van der Waals surface area contributed by atoms with Crippen LogP contribution in [0, 0.1) is 5.82 Å². The summed E-state index contributed by atoms with van der Waals surface area (Å²) < 4.78 is 20.1. The molecule has 0 unspecified atom stereocenters. The largest absolute Gasteiger partial charge is 0.456 e. The third kappa shape index (κ3) is 3.63. The molecular weight excluding hydrogens is 345 g/mol. The number of halogens is 1. The van der Waals surface area contributed by atoms with Crippen LogP contribution in [0.5, 0.6) is 11.5 Å². The molecule has 1 N–H and O–H groups in total. The van der Waals surface area contributed by atoms with Gasteiger partial charge in [-0.1, -0.05) is 0 Å². The first kappa shape index (κ1) is 17.1. The number of aromatic amines is 1. The van der Waals surface area contributed by atoms with Gasteiger partial charge >= 0.3 is 0 Å². The van der Waals surface area contributed by atoms with E-state index < -0.39 is 0 Å². The predicted octanol–water partition coefficient (Wildman–Crippen LogP) is 4.01. The van der Waals surface area contributed by atoms with Crippen LogP contribution in [0.2, 0.25) is 0 Å². The van der Waals surface area contributed by atoms with E-state index in [1.165, 1.54) is 18.5 Å². The smallest absolute Gasteiger partial charge is 0.141 e. The molecule has 4 aromatic rings. The van der Waals surface area contributed by atoms with Crippen LogP contribution in [0.3, 0.4) is 0 Å². The molecule has 0 spiro atoms. The Hall–Kier alpha value is -3.32. The van der Waals surface area contributed by atoms with E-state index in [4.69, 9.17) is 4.74 Å². The first-order valence-electron chi connectivity index (χ1n) is 8.44. The Morgan fingerprint density at radius 1 is 1.11 bits per heavy atom. The second-order valence-electron chi connectivity index (χ2n) is 6.46. The number of pyridine rings is 1. The molecule has 0 aliphatic heterocycles. The van der Waals surface area contributed by atoms with Gasteiger partial charge in [-0.05, 0) is 43.9 Å². The summed E-state index contributed by atoms with van der Waals surface area (Å²) in [7, 11) is 3.87. The molecule has 0 radical (unpaired) electrons. The quantitative estimate of drug-likeness (QED) is 0.580. The average Bonchev–Trinajstić information content (AvgIpc) is 3.06. The lowest BCUT2D eigenvalue weighted by molar-refractivity contribution is 0.399. The van der Waals surface area contributed by atoms with Crippen molar-refractivity contribution in [1.29, 1.82) is 0 Å². The summed E-state index contributed by atoms with van der Waals surface area (Å²) in [6.07, 6.45) is 6.65. The van der Waals surface area contributed by atoms with Gasteiger partial charge in [0, 0.05) is 36.8 Å². The lowest BCUT2D eigenvalue weighted by Crippen LogP contribution is -2.10. The summed E-state index contributed by atoms with van der Waals surface area (Å²) in [5.74, 6) is 0.685. The highest BCUT2D eigenvalue weighted by atomic mass is 19.1. The molecule has 0 fully saturated rings. The predicted molar refractivity (Wildman–Crippen MR) is 101 cm³/mol. The number of nitrogens with one attached hydrogen (secondary N) is 1. The van der Waals surface area contributed by atoms with E-state index in [1.54, 1.807) is 18.5 Å². The molecule has 136 valence electrons. The lowest BCUT2D eigenvalue weighted by atomic mass is 10.1. The van der Waals surface area contributed by atoms with Crippen molar-refractivity contribution in [1.82, 2.24) is 24.8 Å². The molecule has 0 saturated heterocycles. The molecule has 0 aliphatic rings. The second-order valence-corrected chi connectivity index (χ2v) is 6.46. The maximum atomic E-state index is 14.0. The van der Waals surface area contributed by atoms with Crippen LogP contribution in [-0.2, 0) is 6.54 Å². The maximum Gasteiger partial charge on any atom is 0.141 e. The average molecular weight is 363 g/mol.